The van der Waals surface area contributed by atoms with Gasteiger partial charge in [0.2, 0.25) is 17.6 Å². The van der Waals surface area contributed by atoms with E-state index in [9.17, 15) is 65.4 Å². The summed E-state index contributed by atoms with van der Waals surface area (Å²) in [5, 5.41) is 117. The van der Waals surface area contributed by atoms with Crippen LogP contribution < -0.4 is 21.9 Å². The molecule has 0 aromatic carbocycles. The Labute approximate surface area is 483 Å². The van der Waals surface area contributed by atoms with Crippen LogP contribution in [-0.4, -0.2) is 187 Å². The number of allylic oxidation sites excluding steroid dienone is 1. The standard InChI is InChI=1S/C59H108N2O19.H3N/c1-6-8-10-12-14-16-18-20-21-23-25-27-29-31-33-35-46(67)61-42(43(64)34-32-30-28-26-24-22-19-17-15-13-11-9-7-2)38-75-56-51(71)50(70)53(40(4)77-56)78-57-52(72)55(48(68)39(3)76-57)80-59(58(73)74)36-44(65)47(60-41(5)63)54(79-59)49(69)45(66)37-62;/h32,34,39-40,42-45,47-57,62,64-66,68-72H,6-31,33,35-38H2,1-5H3,(H,60,63)(H,61,67)(H,73,74);1H3/b34-32+;/t39?,40?,42-,43+,44?,45+,47+,48-,49+,50?,51?,52?,53+,54?,55?,56+,57-,59-;/m0./s1. The highest BCUT2D eigenvalue weighted by Gasteiger charge is 2.57. The molecule has 0 spiro atoms. The number of aliphatic hydroxyl groups is 9. The van der Waals surface area contributed by atoms with Gasteiger partial charge in [0.05, 0.1) is 49.7 Å². The minimum atomic E-state index is -3.07. The van der Waals surface area contributed by atoms with Gasteiger partial charge in [-0.15, -0.1) is 0 Å². The van der Waals surface area contributed by atoms with Crippen molar-refractivity contribution in [3.05, 3.63) is 12.2 Å². The molecule has 3 rings (SSSR count). The number of carboxylic acid groups (broad SMARTS) is 1. The molecule has 0 aliphatic carbocycles. The largest absolute Gasteiger partial charge is 0.544 e. The highest BCUT2D eigenvalue weighted by molar-refractivity contribution is 5.76. The lowest BCUT2D eigenvalue weighted by Gasteiger charge is -2.52. The summed E-state index contributed by atoms with van der Waals surface area (Å²) in [4.78, 5) is 38.2. The molecule has 22 nitrogen and oxygen atoms in total. The van der Waals surface area contributed by atoms with Crippen molar-refractivity contribution in [2.45, 2.75) is 331 Å². The second-order valence-corrected chi connectivity index (χ2v) is 22.9. The van der Waals surface area contributed by atoms with E-state index in [0.29, 0.717) is 6.42 Å². The molecule has 0 saturated carbocycles. The number of aliphatic carboxylic acids is 1. The van der Waals surface area contributed by atoms with Crippen molar-refractivity contribution in [2.75, 3.05) is 13.2 Å². The maximum absolute atomic E-state index is 13.3. The molecule has 3 heterocycles. The first-order valence-corrected chi connectivity index (χ1v) is 30.8. The number of unbranched alkanes of at least 4 members (excludes halogenated alkanes) is 25. The number of hydrogen-bond acceptors (Lipinski definition) is 19. The lowest BCUT2D eigenvalue weighted by atomic mass is 9.88. The fraction of sp³-hybridized carbons (Fsp3) is 0.915. The number of rotatable bonds is 43. The van der Waals surface area contributed by atoms with Crippen LogP contribution in [0.1, 0.15) is 221 Å². The minimum Gasteiger partial charge on any atom is -0.544 e. The Morgan fingerprint density at radius 2 is 1.16 bits per heavy atom. The normalized spacial score (nSPS) is 30.3. The lowest BCUT2D eigenvalue weighted by Crippen LogP contribution is -2.72. The van der Waals surface area contributed by atoms with Gasteiger partial charge >= 0.3 is 0 Å². The molecule has 2 amide bonds. The molecule has 0 aromatic rings. The van der Waals surface area contributed by atoms with Crippen molar-refractivity contribution in [3.63, 3.8) is 0 Å². The van der Waals surface area contributed by atoms with E-state index in [4.69, 9.17) is 28.4 Å². The van der Waals surface area contributed by atoms with E-state index in [2.05, 4.69) is 24.5 Å². The summed E-state index contributed by atoms with van der Waals surface area (Å²) in [5.74, 6) is -6.21. The zero-order valence-electron chi connectivity index (χ0n) is 50.0. The summed E-state index contributed by atoms with van der Waals surface area (Å²) in [6.07, 6.45) is 9.10. The van der Waals surface area contributed by atoms with E-state index in [1.54, 1.807) is 6.08 Å². The van der Waals surface area contributed by atoms with Gasteiger partial charge in [0.25, 0.3) is 0 Å². The Hall–Kier alpha value is -2.49. The smallest absolute Gasteiger partial charge is 0.220 e. The highest BCUT2D eigenvalue weighted by Crippen LogP contribution is 2.38. The van der Waals surface area contributed by atoms with Crippen LogP contribution in [0, 0.1) is 0 Å². The molecular weight excluding hydrogens is 1050 g/mol. The van der Waals surface area contributed by atoms with Crippen LogP contribution in [-0.2, 0) is 42.8 Å². The predicted octanol–water partition coefficient (Wildman–Crippen LogP) is 4.26. The van der Waals surface area contributed by atoms with Crippen LogP contribution >= 0.6 is 0 Å². The molecule has 3 aliphatic rings. The number of carbonyl (C=O) groups excluding carboxylic acids is 3. The van der Waals surface area contributed by atoms with E-state index < -0.39 is 135 Å². The van der Waals surface area contributed by atoms with Crippen molar-refractivity contribution in [1.82, 2.24) is 16.8 Å². The van der Waals surface area contributed by atoms with Gasteiger partial charge in [-0.25, -0.2) is 0 Å². The number of carboxylic acids is 1. The SMILES string of the molecule is CCCCCCCCCCCCC/C=C/[C@@H](O)[C@H](CO[C@@H]1OC(C)[C@@H](O[C@@H]2OC(C)[C@H](O)C(O[C@]3(C(=O)[O-])CC(O)[C@@H](NC(C)=O)C([C@H](O)[C@H](O)CO)O3)C2O)C(O)C1O)NC(=O)CCCCCCCCCCCCCCCCC.[NH4+]. The minimum absolute atomic E-state index is 0. The molecule has 22 heteroatoms. The van der Waals surface area contributed by atoms with Gasteiger partial charge < -0.3 is 101 Å². The Morgan fingerprint density at radius 3 is 1.65 bits per heavy atom. The van der Waals surface area contributed by atoms with Gasteiger partial charge in [0.1, 0.15) is 60.9 Å². The van der Waals surface area contributed by atoms with Gasteiger partial charge in [-0.2, -0.15) is 0 Å². The third kappa shape index (κ3) is 26.3. The van der Waals surface area contributed by atoms with Crippen molar-refractivity contribution >= 4 is 17.8 Å². The molecule has 476 valence electrons. The second kappa shape index (κ2) is 41.5. The summed E-state index contributed by atoms with van der Waals surface area (Å²) in [7, 11) is 0. The number of carbonyl (C=O) groups is 3. The summed E-state index contributed by atoms with van der Waals surface area (Å²) >= 11 is 0. The van der Waals surface area contributed by atoms with E-state index >= 15 is 0 Å². The highest BCUT2D eigenvalue weighted by atomic mass is 16.8. The third-order valence-corrected chi connectivity index (χ3v) is 15.9. The van der Waals surface area contributed by atoms with Gasteiger partial charge in [-0.1, -0.05) is 180 Å². The Balaban J connectivity index is 0.0000224. The Kier molecular flexibility index (Phi) is 38.3. The van der Waals surface area contributed by atoms with Crippen molar-refractivity contribution < 1.29 is 93.9 Å². The van der Waals surface area contributed by atoms with Crippen LogP contribution in [0.25, 0.3) is 0 Å². The summed E-state index contributed by atoms with van der Waals surface area (Å²) in [6, 6.07) is -2.49. The molecule has 18 atom stereocenters. The maximum atomic E-state index is 13.3. The molecule has 3 fully saturated rings. The fourth-order valence-corrected chi connectivity index (χ4v) is 10.9. The first-order valence-electron chi connectivity index (χ1n) is 30.8. The molecule has 81 heavy (non-hydrogen) atoms. The molecule has 8 unspecified atom stereocenters. The van der Waals surface area contributed by atoms with E-state index in [1.165, 1.54) is 136 Å². The lowest BCUT2D eigenvalue weighted by molar-refractivity contribution is -0.410. The molecule has 0 radical (unpaired) electrons. The maximum Gasteiger partial charge on any atom is 0.220 e. The molecule has 3 aliphatic heterocycles. The monoisotopic (exact) mass is 1170 g/mol. The van der Waals surface area contributed by atoms with Gasteiger partial charge in [0.15, 0.2) is 12.6 Å². The third-order valence-electron chi connectivity index (χ3n) is 15.9. The zero-order chi connectivity index (χ0) is 59.0. The average Bonchev–Trinajstić information content (AvgIpc) is 3.63. The molecular formula is C59H111N3O19. The van der Waals surface area contributed by atoms with Crippen LogP contribution in [0.4, 0.5) is 0 Å². The quantitative estimate of drug-likeness (QED) is 0.0300. The first kappa shape index (κ1) is 74.6. The molecule has 3 saturated heterocycles. The van der Waals surface area contributed by atoms with Crippen LogP contribution in [0.3, 0.4) is 0 Å². The van der Waals surface area contributed by atoms with Crippen molar-refractivity contribution in [1.29, 1.82) is 0 Å². The van der Waals surface area contributed by atoms with E-state index in [1.807, 2.05) is 6.08 Å². The fourth-order valence-electron chi connectivity index (χ4n) is 10.9. The van der Waals surface area contributed by atoms with Crippen LogP contribution in [0.15, 0.2) is 12.2 Å². The van der Waals surface area contributed by atoms with Gasteiger partial charge in [-0.05, 0) is 33.1 Å². The zero-order valence-corrected chi connectivity index (χ0v) is 50.0. The topological polar surface area (TPSA) is 372 Å². The molecule has 0 bridgehead atoms. The number of ether oxygens (including phenoxy) is 6. The summed E-state index contributed by atoms with van der Waals surface area (Å²) in [5.41, 5.74) is 0. The molecule has 15 N–H and O–H groups in total. The first-order chi connectivity index (χ1) is 38.3. The Bertz CT molecular complexity index is 1710. The van der Waals surface area contributed by atoms with Crippen LogP contribution in [0.2, 0.25) is 0 Å². The summed E-state index contributed by atoms with van der Waals surface area (Å²) < 4.78 is 35.1. The number of hydrogen-bond donors (Lipinski definition) is 12. The number of quaternary nitrogens is 1. The van der Waals surface area contributed by atoms with E-state index in [0.717, 1.165) is 51.9 Å². The van der Waals surface area contributed by atoms with Gasteiger partial charge in [0, 0.05) is 19.8 Å². The predicted molar refractivity (Wildman–Crippen MR) is 302 cm³/mol. The van der Waals surface area contributed by atoms with Crippen LogP contribution in [0.5, 0.6) is 0 Å². The molecule has 0 aromatic heterocycles. The Morgan fingerprint density at radius 1 is 0.667 bits per heavy atom. The van der Waals surface area contributed by atoms with Crippen molar-refractivity contribution in [2.24, 2.45) is 0 Å². The second-order valence-electron chi connectivity index (χ2n) is 22.9. The van der Waals surface area contributed by atoms with Gasteiger partial charge in [-0.3, -0.25) is 9.59 Å². The summed E-state index contributed by atoms with van der Waals surface area (Å²) in [6.45, 7) is 6.98. The van der Waals surface area contributed by atoms with Crippen molar-refractivity contribution in [3.8, 4) is 0 Å². The number of nitrogens with one attached hydrogen (secondary N) is 2. The number of amides is 2. The number of aliphatic hydroxyl groups excluding tert-OH is 9. The average molecular weight is 1170 g/mol. The van der Waals surface area contributed by atoms with E-state index in [-0.39, 0.29) is 25.1 Å².